The monoisotopic (exact) mass is 155 g/mol. The molecule has 0 radical (unpaired) electrons. The van der Waals surface area contributed by atoms with Crippen molar-refractivity contribution >= 4 is 5.97 Å². The van der Waals surface area contributed by atoms with Gasteiger partial charge in [0.15, 0.2) is 0 Å². The number of hydrogen-bond acceptors (Lipinski definition) is 2. The molecule has 11 heavy (non-hydrogen) atoms. The molecule has 62 valence electrons. The molecule has 2 rings (SSSR count). The van der Waals surface area contributed by atoms with E-state index in [0.717, 1.165) is 25.7 Å². The molecule has 2 aliphatic rings. The first-order valence-electron chi connectivity index (χ1n) is 4.12. The van der Waals surface area contributed by atoms with E-state index in [2.05, 4.69) is 0 Å². The molecule has 2 aliphatic carbocycles. The maximum absolute atomic E-state index is 10.5. The fourth-order valence-electron chi connectivity index (χ4n) is 2.32. The number of hydrogen-bond donors (Lipinski definition) is 2. The second-order valence-corrected chi connectivity index (χ2v) is 3.95. The number of nitrogens with two attached hydrogens (primary N) is 1. The summed E-state index contributed by atoms with van der Waals surface area (Å²) in [6, 6.07) is 0.290. The molecule has 0 amide bonds. The zero-order valence-electron chi connectivity index (χ0n) is 6.42. The van der Waals surface area contributed by atoms with Crippen LogP contribution < -0.4 is 5.73 Å². The van der Waals surface area contributed by atoms with E-state index in [-0.39, 0.29) is 17.4 Å². The highest BCUT2D eigenvalue weighted by Gasteiger charge is 2.55. The van der Waals surface area contributed by atoms with Gasteiger partial charge >= 0.3 is 5.97 Å². The highest BCUT2D eigenvalue weighted by atomic mass is 16.4. The maximum Gasteiger partial charge on any atom is 0.306 e. The Hall–Kier alpha value is -0.570. The molecule has 0 bridgehead atoms. The number of aliphatic carboxylic acids is 1. The molecule has 2 saturated carbocycles. The van der Waals surface area contributed by atoms with Gasteiger partial charge in [-0.25, -0.2) is 0 Å². The van der Waals surface area contributed by atoms with Crippen LogP contribution in [0.15, 0.2) is 0 Å². The Morgan fingerprint density at radius 1 is 1.55 bits per heavy atom. The second-order valence-electron chi connectivity index (χ2n) is 3.95. The van der Waals surface area contributed by atoms with Crippen LogP contribution in [0.3, 0.4) is 0 Å². The van der Waals surface area contributed by atoms with Crippen LogP contribution in [0, 0.1) is 11.3 Å². The van der Waals surface area contributed by atoms with Gasteiger partial charge in [0.1, 0.15) is 0 Å². The highest BCUT2D eigenvalue weighted by Crippen LogP contribution is 2.57. The minimum atomic E-state index is -0.644. The summed E-state index contributed by atoms with van der Waals surface area (Å²) in [4.78, 5) is 10.5. The molecule has 1 spiro atoms. The van der Waals surface area contributed by atoms with Crippen LogP contribution in [-0.4, -0.2) is 17.1 Å². The van der Waals surface area contributed by atoms with Crippen molar-refractivity contribution in [2.45, 2.75) is 31.7 Å². The van der Waals surface area contributed by atoms with Crippen molar-refractivity contribution in [1.29, 1.82) is 0 Å². The van der Waals surface area contributed by atoms with Crippen LogP contribution in [0.25, 0.3) is 0 Å². The lowest BCUT2D eigenvalue weighted by Crippen LogP contribution is -2.59. The van der Waals surface area contributed by atoms with Gasteiger partial charge in [0.2, 0.25) is 0 Å². The second kappa shape index (κ2) is 1.97. The Labute approximate surface area is 65.6 Å². The molecule has 1 atom stereocenters. The summed E-state index contributed by atoms with van der Waals surface area (Å²) in [7, 11) is 0. The molecule has 0 aromatic rings. The summed E-state index contributed by atoms with van der Waals surface area (Å²) in [5, 5.41) is 8.63. The van der Waals surface area contributed by atoms with Crippen molar-refractivity contribution in [3.05, 3.63) is 0 Å². The van der Waals surface area contributed by atoms with E-state index in [1.54, 1.807) is 0 Å². The van der Waals surface area contributed by atoms with E-state index in [1.807, 2.05) is 0 Å². The van der Waals surface area contributed by atoms with E-state index in [0.29, 0.717) is 0 Å². The van der Waals surface area contributed by atoms with Gasteiger partial charge in [-0.15, -0.1) is 0 Å². The average Bonchev–Trinajstić information content (AvgIpc) is 1.81. The third-order valence-electron chi connectivity index (χ3n) is 3.39. The minimum Gasteiger partial charge on any atom is -0.481 e. The number of carboxylic acids is 1. The first kappa shape index (κ1) is 7.10. The third kappa shape index (κ3) is 0.805. The van der Waals surface area contributed by atoms with Crippen LogP contribution >= 0.6 is 0 Å². The normalized spacial score (nSPS) is 48.1. The number of carbonyl (C=O) groups is 1. The molecule has 3 N–H and O–H groups in total. The summed E-state index contributed by atoms with van der Waals surface area (Å²) >= 11 is 0. The molecule has 2 fully saturated rings. The smallest absolute Gasteiger partial charge is 0.306 e. The molecule has 0 unspecified atom stereocenters. The number of carboxylic acid groups (broad SMARTS) is 1. The van der Waals surface area contributed by atoms with E-state index >= 15 is 0 Å². The van der Waals surface area contributed by atoms with E-state index in [9.17, 15) is 4.79 Å². The van der Waals surface area contributed by atoms with Crippen LogP contribution in [0.2, 0.25) is 0 Å². The van der Waals surface area contributed by atoms with Crippen molar-refractivity contribution in [2.24, 2.45) is 17.1 Å². The van der Waals surface area contributed by atoms with Crippen molar-refractivity contribution in [2.75, 3.05) is 0 Å². The molecule has 0 heterocycles. The van der Waals surface area contributed by atoms with Gasteiger partial charge in [-0.3, -0.25) is 4.79 Å². The van der Waals surface area contributed by atoms with Gasteiger partial charge in [0.25, 0.3) is 0 Å². The van der Waals surface area contributed by atoms with Gasteiger partial charge in [0.05, 0.1) is 5.92 Å². The van der Waals surface area contributed by atoms with E-state index < -0.39 is 5.97 Å². The maximum atomic E-state index is 10.5. The van der Waals surface area contributed by atoms with Crippen molar-refractivity contribution < 1.29 is 9.90 Å². The Kier molecular flexibility index (Phi) is 1.27. The van der Waals surface area contributed by atoms with Crippen LogP contribution in [-0.2, 0) is 4.79 Å². The Morgan fingerprint density at radius 3 is 2.45 bits per heavy atom. The summed E-state index contributed by atoms with van der Waals surface area (Å²) in [6.45, 7) is 0. The van der Waals surface area contributed by atoms with Crippen LogP contribution in [0.1, 0.15) is 25.7 Å². The number of rotatable bonds is 1. The lowest BCUT2D eigenvalue weighted by atomic mass is 9.49. The summed E-state index contributed by atoms with van der Waals surface area (Å²) < 4.78 is 0. The average molecular weight is 155 g/mol. The van der Waals surface area contributed by atoms with E-state index in [1.165, 1.54) is 0 Å². The quantitative estimate of drug-likeness (QED) is 0.582. The summed E-state index contributed by atoms with van der Waals surface area (Å²) in [6.07, 6.45) is 3.89. The van der Waals surface area contributed by atoms with Gasteiger partial charge < -0.3 is 10.8 Å². The minimum absolute atomic E-state index is 0.0960. The van der Waals surface area contributed by atoms with Gasteiger partial charge in [-0.05, 0) is 31.1 Å². The van der Waals surface area contributed by atoms with E-state index in [4.69, 9.17) is 10.8 Å². The molecule has 0 aliphatic heterocycles. The Bertz CT molecular complexity index is 196. The fraction of sp³-hybridized carbons (Fsp3) is 0.875. The van der Waals surface area contributed by atoms with Crippen LogP contribution in [0.4, 0.5) is 0 Å². The topological polar surface area (TPSA) is 63.3 Å². The zero-order chi connectivity index (χ0) is 8.06. The van der Waals surface area contributed by atoms with Crippen LogP contribution in [0.5, 0.6) is 0 Å². The summed E-state index contributed by atoms with van der Waals surface area (Å²) in [5.74, 6) is -0.740. The first-order valence-corrected chi connectivity index (χ1v) is 4.12. The van der Waals surface area contributed by atoms with Gasteiger partial charge in [-0.2, -0.15) is 0 Å². The Morgan fingerprint density at radius 2 is 2.18 bits per heavy atom. The van der Waals surface area contributed by atoms with Crippen molar-refractivity contribution in [1.82, 2.24) is 0 Å². The fourth-order valence-corrected chi connectivity index (χ4v) is 2.32. The molecular formula is C8H13NO2. The van der Waals surface area contributed by atoms with Crippen molar-refractivity contribution in [3.63, 3.8) is 0 Å². The first-order chi connectivity index (χ1) is 5.14. The third-order valence-corrected chi connectivity index (χ3v) is 3.39. The SMILES string of the molecule is N[C@H]1CCC12CC(C(=O)O)C2. The standard InChI is InChI=1S/C8H13NO2/c9-6-1-2-8(6)3-5(4-8)7(10)11/h5-6H,1-4,9H2,(H,10,11)/t5?,6-,8?/m0/s1. The predicted molar refractivity (Wildman–Crippen MR) is 40.0 cm³/mol. The predicted octanol–water partition coefficient (Wildman–Crippen LogP) is 0.588. The lowest BCUT2D eigenvalue weighted by Gasteiger charge is -2.57. The molecule has 0 saturated heterocycles. The highest BCUT2D eigenvalue weighted by molar-refractivity contribution is 5.71. The van der Waals surface area contributed by atoms with Gasteiger partial charge in [-0.1, -0.05) is 0 Å². The molecule has 0 aromatic heterocycles. The lowest BCUT2D eigenvalue weighted by molar-refractivity contribution is -0.155. The Balaban J connectivity index is 1.92. The zero-order valence-corrected chi connectivity index (χ0v) is 6.42. The molecule has 3 nitrogen and oxygen atoms in total. The molecular weight excluding hydrogens is 142 g/mol. The molecule has 0 aromatic carbocycles. The van der Waals surface area contributed by atoms with Gasteiger partial charge in [0, 0.05) is 6.04 Å². The largest absolute Gasteiger partial charge is 0.481 e. The molecule has 3 heteroatoms. The summed E-state index contributed by atoms with van der Waals surface area (Å²) in [5.41, 5.74) is 6.04. The van der Waals surface area contributed by atoms with Crippen molar-refractivity contribution in [3.8, 4) is 0 Å².